The summed E-state index contributed by atoms with van der Waals surface area (Å²) >= 11 is 0. The average Bonchev–Trinajstić information content (AvgIpc) is 3.38. The topological polar surface area (TPSA) is 94.2 Å². The first-order valence-corrected chi connectivity index (χ1v) is 9.68. The first-order chi connectivity index (χ1) is 14.1. The standard InChI is InChI=1S/C21H23N5O3/c1-14-4-3-5-17(10-14)28-9-7-19-24-20(29-25-19)16-6-8-26(13-16)21(27)18-12-22-15(2)11-23-18/h3-5,10-12,16H,6-9,13H2,1-2H3. The van der Waals surface area contributed by atoms with Crippen LogP contribution in [0.1, 0.15) is 45.8 Å². The molecule has 3 heterocycles. The predicted molar refractivity (Wildman–Crippen MR) is 105 cm³/mol. The van der Waals surface area contributed by atoms with E-state index in [0.29, 0.717) is 43.5 Å². The van der Waals surface area contributed by atoms with E-state index < -0.39 is 0 Å². The number of benzene rings is 1. The van der Waals surface area contributed by atoms with E-state index in [1.807, 2.05) is 38.1 Å². The number of hydrogen-bond donors (Lipinski definition) is 0. The highest BCUT2D eigenvalue weighted by Gasteiger charge is 2.32. The molecule has 1 fully saturated rings. The Kier molecular flexibility index (Phi) is 5.50. The molecule has 4 rings (SSSR count). The number of carbonyl (C=O) groups excluding carboxylic acids is 1. The first-order valence-electron chi connectivity index (χ1n) is 9.68. The van der Waals surface area contributed by atoms with E-state index >= 15 is 0 Å². The van der Waals surface area contributed by atoms with Gasteiger partial charge in [-0.15, -0.1) is 0 Å². The van der Waals surface area contributed by atoms with Crippen LogP contribution in [-0.2, 0) is 6.42 Å². The second-order valence-corrected chi connectivity index (χ2v) is 7.24. The minimum absolute atomic E-state index is 0.0382. The van der Waals surface area contributed by atoms with Crippen molar-refractivity contribution in [2.24, 2.45) is 0 Å². The van der Waals surface area contributed by atoms with Crippen LogP contribution >= 0.6 is 0 Å². The van der Waals surface area contributed by atoms with Crippen LogP contribution in [0, 0.1) is 13.8 Å². The molecule has 1 aromatic carbocycles. The molecular formula is C21H23N5O3. The molecule has 1 aliphatic heterocycles. The maximum Gasteiger partial charge on any atom is 0.274 e. The summed E-state index contributed by atoms with van der Waals surface area (Å²) in [6, 6.07) is 7.91. The Hall–Kier alpha value is -3.29. The van der Waals surface area contributed by atoms with Crippen LogP contribution in [0.25, 0.3) is 0 Å². The summed E-state index contributed by atoms with van der Waals surface area (Å²) in [7, 11) is 0. The highest BCUT2D eigenvalue weighted by Crippen LogP contribution is 2.27. The monoisotopic (exact) mass is 393 g/mol. The van der Waals surface area contributed by atoms with Gasteiger partial charge in [0.15, 0.2) is 5.82 Å². The summed E-state index contributed by atoms with van der Waals surface area (Å²) in [4.78, 5) is 27.1. The summed E-state index contributed by atoms with van der Waals surface area (Å²) in [6.07, 6.45) is 4.46. The predicted octanol–water partition coefficient (Wildman–Crippen LogP) is 2.73. The number of likely N-dealkylation sites (tertiary alicyclic amines) is 1. The number of aryl methyl sites for hydroxylation is 2. The van der Waals surface area contributed by atoms with E-state index in [1.165, 1.54) is 6.20 Å². The Bertz CT molecular complexity index is 986. The maximum absolute atomic E-state index is 12.6. The molecular weight excluding hydrogens is 370 g/mol. The van der Waals surface area contributed by atoms with Gasteiger partial charge in [0.1, 0.15) is 11.4 Å². The summed E-state index contributed by atoms with van der Waals surface area (Å²) in [5, 5.41) is 4.06. The lowest BCUT2D eigenvalue weighted by Crippen LogP contribution is -2.29. The van der Waals surface area contributed by atoms with Crippen molar-refractivity contribution in [3.05, 3.63) is 65.3 Å². The van der Waals surface area contributed by atoms with Gasteiger partial charge in [0, 0.05) is 25.7 Å². The quantitative estimate of drug-likeness (QED) is 0.635. The van der Waals surface area contributed by atoms with Crippen LogP contribution in [0.4, 0.5) is 0 Å². The third-order valence-electron chi connectivity index (χ3n) is 4.89. The van der Waals surface area contributed by atoms with Gasteiger partial charge in [-0.1, -0.05) is 17.3 Å². The molecule has 1 atom stereocenters. The number of carbonyl (C=O) groups is 1. The third-order valence-corrected chi connectivity index (χ3v) is 4.89. The van der Waals surface area contributed by atoms with Crippen molar-refractivity contribution in [1.82, 2.24) is 25.0 Å². The molecule has 0 bridgehead atoms. The van der Waals surface area contributed by atoms with Gasteiger partial charge in [0.05, 0.1) is 24.4 Å². The Morgan fingerprint density at radius 1 is 1.28 bits per heavy atom. The van der Waals surface area contributed by atoms with Gasteiger partial charge in [-0.3, -0.25) is 9.78 Å². The van der Waals surface area contributed by atoms with Crippen LogP contribution < -0.4 is 4.74 Å². The average molecular weight is 393 g/mol. The van der Waals surface area contributed by atoms with Crippen molar-refractivity contribution in [2.45, 2.75) is 32.6 Å². The molecule has 3 aromatic rings. The van der Waals surface area contributed by atoms with Crippen molar-refractivity contribution in [3.63, 3.8) is 0 Å². The van der Waals surface area contributed by atoms with E-state index in [0.717, 1.165) is 23.4 Å². The third kappa shape index (κ3) is 4.59. The van der Waals surface area contributed by atoms with Crippen LogP contribution in [0.5, 0.6) is 5.75 Å². The fourth-order valence-electron chi connectivity index (χ4n) is 3.31. The van der Waals surface area contributed by atoms with Crippen molar-refractivity contribution in [1.29, 1.82) is 0 Å². The molecule has 29 heavy (non-hydrogen) atoms. The molecule has 1 aliphatic rings. The minimum atomic E-state index is -0.119. The molecule has 0 spiro atoms. The van der Waals surface area contributed by atoms with E-state index in [2.05, 4.69) is 20.1 Å². The van der Waals surface area contributed by atoms with E-state index in [-0.39, 0.29) is 11.8 Å². The van der Waals surface area contributed by atoms with Gasteiger partial charge in [0.25, 0.3) is 5.91 Å². The van der Waals surface area contributed by atoms with Gasteiger partial charge < -0.3 is 14.2 Å². The summed E-state index contributed by atoms with van der Waals surface area (Å²) in [6.45, 7) is 5.51. The number of ether oxygens (including phenoxy) is 1. The fourth-order valence-corrected chi connectivity index (χ4v) is 3.31. The minimum Gasteiger partial charge on any atom is -0.493 e. The SMILES string of the molecule is Cc1cccc(OCCc2noc(C3CCN(C(=O)c4cnc(C)cn4)C3)n2)c1. The smallest absolute Gasteiger partial charge is 0.274 e. The zero-order valence-electron chi connectivity index (χ0n) is 16.5. The van der Waals surface area contributed by atoms with Crippen LogP contribution in [-0.4, -0.2) is 50.6 Å². The molecule has 8 heteroatoms. The van der Waals surface area contributed by atoms with Crippen molar-refractivity contribution >= 4 is 5.91 Å². The van der Waals surface area contributed by atoms with Gasteiger partial charge in [0.2, 0.25) is 5.89 Å². The number of rotatable bonds is 6. The zero-order valence-corrected chi connectivity index (χ0v) is 16.5. The molecule has 150 valence electrons. The summed E-state index contributed by atoms with van der Waals surface area (Å²) in [5.41, 5.74) is 2.29. The first kappa shape index (κ1) is 19.0. The molecule has 1 unspecified atom stereocenters. The second kappa shape index (κ2) is 8.38. The van der Waals surface area contributed by atoms with Crippen LogP contribution in [0.2, 0.25) is 0 Å². The molecule has 2 aromatic heterocycles. The van der Waals surface area contributed by atoms with Crippen molar-refractivity contribution in [2.75, 3.05) is 19.7 Å². The lowest BCUT2D eigenvalue weighted by atomic mass is 10.1. The molecule has 0 aliphatic carbocycles. The maximum atomic E-state index is 12.6. The second-order valence-electron chi connectivity index (χ2n) is 7.24. The Morgan fingerprint density at radius 2 is 2.17 bits per heavy atom. The van der Waals surface area contributed by atoms with Gasteiger partial charge in [-0.25, -0.2) is 4.98 Å². The summed E-state index contributed by atoms with van der Waals surface area (Å²) in [5.74, 6) is 1.93. The van der Waals surface area contributed by atoms with Crippen molar-refractivity contribution in [3.8, 4) is 5.75 Å². The summed E-state index contributed by atoms with van der Waals surface area (Å²) < 4.78 is 11.2. The van der Waals surface area contributed by atoms with Gasteiger partial charge in [-0.05, 0) is 38.0 Å². The van der Waals surface area contributed by atoms with E-state index in [9.17, 15) is 4.79 Å². The van der Waals surface area contributed by atoms with E-state index in [4.69, 9.17) is 9.26 Å². The molecule has 8 nitrogen and oxygen atoms in total. The fraction of sp³-hybridized carbons (Fsp3) is 0.381. The molecule has 0 N–H and O–H groups in total. The number of amides is 1. The Labute approximate surface area is 168 Å². The van der Waals surface area contributed by atoms with Crippen LogP contribution in [0.3, 0.4) is 0 Å². The van der Waals surface area contributed by atoms with Crippen molar-refractivity contribution < 1.29 is 14.1 Å². The number of hydrogen-bond acceptors (Lipinski definition) is 7. The molecule has 0 radical (unpaired) electrons. The number of aromatic nitrogens is 4. The van der Waals surface area contributed by atoms with Gasteiger partial charge in [-0.2, -0.15) is 4.98 Å². The Morgan fingerprint density at radius 3 is 2.97 bits per heavy atom. The van der Waals surface area contributed by atoms with Gasteiger partial charge >= 0.3 is 0 Å². The number of nitrogens with zero attached hydrogens (tertiary/aromatic N) is 5. The molecule has 1 saturated heterocycles. The highest BCUT2D eigenvalue weighted by atomic mass is 16.5. The molecule has 0 saturated carbocycles. The van der Waals surface area contributed by atoms with E-state index in [1.54, 1.807) is 11.1 Å². The highest BCUT2D eigenvalue weighted by molar-refractivity contribution is 5.92. The van der Waals surface area contributed by atoms with Crippen LogP contribution in [0.15, 0.2) is 41.2 Å². The zero-order chi connectivity index (χ0) is 20.2. The largest absolute Gasteiger partial charge is 0.493 e. The lowest BCUT2D eigenvalue weighted by Gasteiger charge is -2.14. The molecule has 1 amide bonds. The Balaban J connectivity index is 1.30. The lowest BCUT2D eigenvalue weighted by molar-refractivity contribution is 0.0783. The normalized spacial score (nSPS) is 16.2.